The first kappa shape index (κ1) is 14.7. The molecule has 1 fully saturated rings. The minimum atomic E-state index is -4.33. The highest BCUT2D eigenvalue weighted by Gasteiger charge is 2.39. The summed E-state index contributed by atoms with van der Waals surface area (Å²) in [6.45, 7) is 3.60. The summed E-state index contributed by atoms with van der Waals surface area (Å²) in [6, 6.07) is 3.57. The maximum absolute atomic E-state index is 12.6. The number of hydrogen-bond donors (Lipinski definition) is 1. The molecule has 106 valence electrons. The van der Waals surface area contributed by atoms with Gasteiger partial charge in [0.1, 0.15) is 0 Å². The summed E-state index contributed by atoms with van der Waals surface area (Å²) in [5.41, 5.74) is 0.436. The third-order valence-electron chi connectivity index (χ3n) is 3.72. The summed E-state index contributed by atoms with van der Waals surface area (Å²) in [4.78, 5) is 0. The van der Waals surface area contributed by atoms with E-state index in [0.717, 1.165) is 30.7 Å². The van der Waals surface area contributed by atoms with E-state index in [-0.39, 0.29) is 4.75 Å². The number of aryl methyl sites for hydroxylation is 1. The number of aliphatic hydroxyl groups excluding tert-OH is 1. The predicted molar refractivity (Wildman–Crippen MR) is 71.2 cm³/mol. The second kappa shape index (κ2) is 5.02. The summed E-state index contributed by atoms with van der Waals surface area (Å²) in [5, 5.41) is 10.5. The van der Waals surface area contributed by atoms with Gasteiger partial charge in [-0.1, -0.05) is 6.07 Å². The van der Waals surface area contributed by atoms with Crippen molar-refractivity contribution in [2.45, 2.75) is 43.7 Å². The smallest absolute Gasteiger partial charge is 0.387 e. The zero-order chi connectivity index (χ0) is 14.3. The first-order valence-corrected chi connectivity index (χ1v) is 7.22. The van der Waals surface area contributed by atoms with Gasteiger partial charge in [-0.2, -0.15) is 24.9 Å². The van der Waals surface area contributed by atoms with Gasteiger partial charge in [-0.15, -0.1) is 0 Å². The SMILES string of the molecule is Cc1cc(C(F)(F)F)ccc1C(O)C1(C)CCCS1. The minimum Gasteiger partial charge on any atom is -0.387 e. The van der Waals surface area contributed by atoms with Gasteiger partial charge in [-0.05, 0) is 55.7 Å². The van der Waals surface area contributed by atoms with Crippen molar-refractivity contribution in [3.63, 3.8) is 0 Å². The molecular weight excluding hydrogens is 273 g/mol. The molecule has 1 aromatic rings. The minimum absolute atomic E-state index is 0.287. The van der Waals surface area contributed by atoms with E-state index in [1.807, 2.05) is 6.92 Å². The molecule has 0 aromatic heterocycles. The fourth-order valence-electron chi connectivity index (χ4n) is 2.50. The number of alkyl halides is 3. The van der Waals surface area contributed by atoms with Crippen molar-refractivity contribution in [2.24, 2.45) is 0 Å². The van der Waals surface area contributed by atoms with Gasteiger partial charge in [0.25, 0.3) is 0 Å². The lowest BCUT2D eigenvalue weighted by atomic mass is 9.89. The normalized spacial score (nSPS) is 25.6. The van der Waals surface area contributed by atoms with Crippen LogP contribution in [0.5, 0.6) is 0 Å². The molecule has 2 rings (SSSR count). The Morgan fingerprint density at radius 2 is 2.05 bits per heavy atom. The van der Waals surface area contributed by atoms with Crippen molar-refractivity contribution in [1.82, 2.24) is 0 Å². The number of benzene rings is 1. The Hall–Kier alpha value is -0.680. The van der Waals surface area contributed by atoms with Crippen LogP contribution < -0.4 is 0 Å². The van der Waals surface area contributed by atoms with Crippen molar-refractivity contribution in [2.75, 3.05) is 5.75 Å². The molecular formula is C14H17F3OS. The molecule has 0 spiro atoms. The van der Waals surface area contributed by atoms with E-state index in [9.17, 15) is 18.3 Å². The molecule has 19 heavy (non-hydrogen) atoms. The molecule has 1 heterocycles. The van der Waals surface area contributed by atoms with Crippen LogP contribution in [-0.4, -0.2) is 15.6 Å². The Kier molecular flexibility index (Phi) is 3.89. The van der Waals surface area contributed by atoms with Gasteiger partial charge in [0.2, 0.25) is 0 Å². The highest BCUT2D eigenvalue weighted by atomic mass is 32.2. The number of aliphatic hydroxyl groups is 1. The summed E-state index contributed by atoms with van der Waals surface area (Å²) in [5.74, 6) is 0.993. The van der Waals surface area contributed by atoms with Gasteiger partial charge in [0.05, 0.1) is 11.7 Å². The maximum atomic E-state index is 12.6. The molecule has 2 atom stereocenters. The van der Waals surface area contributed by atoms with E-state index in [0.29, 0.717) is 11.1 Å². The molecule has 0 amide bonds. The largest absolute Gasteiger partial charge is 0.416 e. The molecule has 1 nitrogen and oxygen atoms in total. The molecule has 5 heteroatoms. The average molecular weight is 290 g/mol. The molecule has 0 bridgehead atoms. The molecule has 1 aromatic carbocycles. The van der Waals surface area contributed by atoms with Gasteiger partial charge in [-0.25, -0.2) is 0 Å². The highest BCUT2D eigenvalue weighted by Crippen LogP contribution is 2.47. The molecule has 0 radical (unpaired) electrons. The topological polar surface area (TPSA) is 20.2 Å². The Bertz CT molecular complexity index is 464. The van der Waals surface area contributed by atoms with E-state index in [4.69, 9.17) is 0 Å². The molecule has 0 aliphatic carbocycles. The molecule has 1 N–H and O–H groups in total. The van der Waals surface area contributed by atoms with Crippen molar-refractivity contribution in [3.05, 3.63) is 34.9 Å². The Morgan fingerprint density at radius 3 is 2.53 bits per heavy atom. The molecule has 2 unspecified atom stereocenters. The summed E-state index contributed by atoms with van der Waals surface area (Å²) in [6.07, 6.45) is -3.13. The van der Waals surface area contributed by atoms with Crippen LogP contribution in [0.3, 0.4) is 0 Å². The number of thioether (sulfide) groups is 1. The lowest BCUT2D eigenvalue weighted by molar-refractivity contribution is -0.137. The van der Waals surface area contributed by atoms with Crippen LogP contribution in [0, 0.1) is 6.92 Å². The molecule has 1 saturated heterocycles. The van der Waals surface area contributed by atoms with Crippen LogP contribution in [0.2, 0.25) is 0 Å². The van der Waals surface area contributed by atoms with Gasteiger partial charge in [-0.3, -0.25) is 0 Å². The van der Waals surface area contributed by atoms with Gasteiger partial charge in [0, 0.05) is 4.75 Å². The fraction of sp³-hybridized carbons (Fsp3) is 0.571. The van der Waals surface area contributed by atoms with E-state index in [1.165, 1.54) is 6.07 Å². The third kappa shape index (κ3) is 2.92. The first-order chi connectivity index (χ1) is 8.74. The van der Waals surface area contributed by atoms with Crippen molar-refractivity contribution < 1.29 is 18.3 Å². The fourth-order valence-corrected chi connectivity index (χ4v) is 3.83. The van der Waals surface area contributed by atoms with Crippen LogP contribution in [0.15, 0.2) is 18.2 Å². The average Bonchev–Trinajstić information content (AvgIpc) is 2.75. The second-order valence-corrected chi connectivity index (χ2v) is 6.87. The van der Waals surface area contributed by atoms with Crippen LogP contribution in [0.25, 0.3) is 0 Å². The summed E-state index contributed by atoms with van der Waals surface area (Å²) in [7, 11) is 0. The highest BCUT2D eigenvalue weighted by molar-refractivity contribution is 8.00. The molecule has 0 saturated carbocycles. The molecule has 1 aliphatic heterocycles. The quantitative estimate of drug-likeness (QED) is 0.874. The second-order valence-electron chi connectivity index (χ2n) is 5.24. The van der Waals surface area contributed by atoms with Crippen LogP contribution in [-0.2, 0) is 6.18 Å². The van der Waals surface area contributed by atoms with Gasteiger partial charge < -0.3 is 5.11 Å². The zero-order valence-electron chi connectivity index (χ0n) is 10.9. The zero-order valence-corrected chi connectivity index (χ0v) is 11.7. The van der Waals surface area contributed by atoms with E-state index in [1.54, 1.807) is 18.7 Å². The number of halogens is 3. The Labute approximate surface area is 115 Å². The lowest BCUT2D eigenvalue weighted by Gasteiger charge is -2.30. The van der Waals surface area contributed by atoms with Gasteiger partial charge in [0.15, 0.2) is 0 Å². The third-order valence-corrected chi connectivity index (χ3v) is 5.30. The van der Waals surface area contributed by atoms with E-state index in [2.05, 4.69) is 0 Å². The maximum Gasteiger partial charge on any atom is 0.416 e. The standard InChI is InChI=1S/C14H17F3OS/c1-9-8-10(14(15,16)17)4-5-11(9)12(18)13(2)6-3-7-19-13/h4-5,8,12,18H,3,6-7H2,1-2H3. The van der Waals surface area contributed by atoms with E-state index >= 15 is 0 Å². The van der Waals surface area contributed by atoms with Crippen molar-refractivity contribution in [3.8, 4) is 0 Å². The predicted octanol–water partition coefficient (Wildman–Crippen LogP) is 4.33. The van der Waals surface area contributed by atoms with Crippen molar-refractivity contribution in [1.29, 1.82) is 0 Å². The van der Waals surface area contributed by atoms with Gasteiger partial charge >= 0.3 is 6.18 Å². The first-order valence-electron chi connectivity index (χ1n) is 6.24. The molecule has 1 aliphatic rings. The number of rotatable bonds is 2. The van der Waals surface area contributed by atoms with Crippen LogP contribution in [0.4, 0.5) is 13.2 Å². The monoisotopic (exact) mass is 290 g/mol. The Morgan fingerprint density at radius 1 is 1.37 bits per heavy atom. The van der Waals surface area contributed by atoms with Crippen molar-refractivity contribution >= 4 is 11.8 Å². The number of hydrogen-bond acceptors (Lipinski definition) is 2. The lowest BCUT2D eigenvalue weighted by Crippen LogP contribution is -2.27. The van der Waals surface area contributed by atoms with Crippen LogP contribution >= 0.6 is 11.8 Å². The van der Waals surface area contributed by atoms with E-state index < -0.39 is 17.8 Å². The Balaban J connectivity index is 2.31. The summed E-state index contributed by atoms with van der Waals surface area (Å²) < 4.78 is 37.5. The summed E-state index contributed by atoms with van der Waals surface area (Å²) >= 11 is 1.69. The van der Waals surface area contributed by atoms with Crippen LogP contribution in [0.1, 0.15) is 42.6 Å².